The third kappa shape index (κ3) is 7.38. The standard InChI is InChI=1S/C7H14N2/c1-2-3-4-5-6-7-9-8/h7H,2-6H2,1H3. The van der Waals surface area contributed by atoms with Gasteiger partial charge in [-0.25, -0.2) is 0 Å². The van der Waals surface area contributed by atoms with Crippen molar-refractivity contribution in [1.82, 2.24) is 0 Å². The number of nitrogens with zero attached hydrogens (tertiary/aromatic N) is 2. The van der Waals surface area contributed by atoms with Crippen molar-refractivity contribution in [3.05, 3.63) is 5.53 Å². The van der Waals surface area contributed by atoms with E-state index in [1.807, 2.05) is 0 Å². The molecule has 0 rings (SSSR count). The van der Waals surface area contributed by atoms with E-state index in [4.69, 9.17) is 5.53 Å². The van der Waals surface area contributed by atoms with E-state index in [1.165, 1.54) is 19.3 Å². The SMILES string of the molecule is CCCCCCC=[N+]=[N-]. The number of unbranched alkanes of at least 4 members (excludes halogenated alkanes) is 4. The lowest BCUT2D eigenvalue weighted by Gasteiger charge is -1.89. The molecule has 0 aromatic carbocycles. The van der Waals surface area contributed by atoms with E-state index in [1.54, 1.807) is 6.21 Å². The maximum Gasteiger partial charge on any atom is 0.257 e. The monoisotopic (exact) mass is 126 g/mol. The molecule has 2 nitrogen and oxygen atoms in total. The number of hydrogen-bond donors (Lipinski definition) is 0. The first-order valence-corrected chi connectivity index (χ1v) is 3.57. The van der Waals surface area contributed by atoms with Crippen LogP contribution in [0.4, 0.5) is 0 Å². The molecule has 0 aliphatic heterocycles. The van der Waals surface area contributed by atoms with Crippen LogP contribution in [-0.4, -0.2) is 11.0 Å². The van der Waals surface area contributed by atoms with E-state index in [0.29, 0.717) is 0 Å². The minimum absolute atomic E-state index is 0.913. The molecule has 2 heteroatoms. The lowest BCUT2D eigenvalue weighted by Crippen LogP contribution is -1.78. The van der Waals surface area contributed by atoms with Crippen LogP contribution in [0.2, 0.25) is 0 Å². The summed E-state index contributed by atoms with van der Waals surface area (Å²) in [4.78, 5) is 2.91. The molecular weight excluding hydrogens is 112 g/mol. The van der Waals surface area contributed by atoms with Crippen molar-refractivity contribution in [2.24, 2.45) is 0 Å². The van der Waals surface area contributed by atoms with Gasteiger partial charge >= 0.3 is 0 Å². The Morgan fingerprint density at radius 2 is 2.11 bits per heavy atom. The van der Waals surface area contributed by atoms with Gasteiger partial charge in [-0.1, -0.05) is 26.2 Å². The number of rotatable bonds is 5. The summed E-state index contributed by atoms with van der Waals surface area (Å²) >= 11 is 0. The second-order valence-corrected chi connectivity index (χ2v) is 2.15. The van der Waals surface area contributed by atoms with Crippen molar-refractivity contribution in [2.75, 3.05) is 0 Å². The zero-order valence-electron chi connectivity index (χ0n) is 6.01. The highest BCUT2D eigenvalue weighted by Crippen LogP contribution is 1.99. The Hall–Kier alpha value is -0.620. The first-order chi connectivity index (χ1) is 4.41. The average Bonchev–Trinajstić information content (AvgIpc) is 1.89. The molecule has 0 N–H and O–H groups in total. The Kier molecular flexibility index (Phi) is 6.87. The molecule has 0 saturated carbocycles. The Bertz CT molecular complexity index is 93.1. The van der Waals surface area contributed by atoms with Crippen LogP contribution in [0.1, 0.15) is 39.0 Å². The van der Waals surface area contributed by atoms with Crippen molar-refractivity contribution in [3.8, 4) is 0 Å². The van der Waals surface area contributed by atoms with Crippen molar-refractivity contribution in [3.63, 3.8) is 0 Å². The fourth-order valence-electron chi connectivity index (χ4n) is 0.720. The van der Waals surface area contributed by atoms with Crippen LogP contribution in [-0.2, 0) is 0 Å². The highest BCUT2D eigenvalue weighted by Gasteiger charge is 1.86. The van der Waals surface area contributed by atoms with Crippen molar-refractivity contribution < 1.29 is 4.79 Å². The molecule has 9 heavy (non-hydrogen) atoms. The molecular formula is C7H14N2. The van der Waals surface area contributed by atoms with Crippen LogP contribution >= 0.6 is 0 Å². The van der Waals surface area contributed by atoms with Crippen LogP contribution in [0.3, 0.4) is 0 Å². The summed E-state index contributed by atoms with van der Waals surface area (Å²) in [5.74, 6) is 0. The third-order valence-corrected chi connectivity index (χ3v) is 1.27. The van der Waals surface area contributed by atoms with Gasteiger partial charge in [0, 0.05) is 6.42 Å². The van der Waals surface area contributed by atoms with Crippen LogP contribution < -0.4 is 0 Å². The molecule has 0 spiro atoms. The summed E-state index contributed by atoms with van der Waals surface area (Å²) < 4.78 is 0. The van der Waals surface area contributed by atoms with Gasteiger partial charge in [0.1, 0.15) is 0 Å². The lowest BCUT2D eigenvalue weighted by atomic mass is 10.2. The lowest BCUT2D eigenvalue weighted by molar-refractivity contribution is 0.000736. The Morgan fingerprint density at radius 1 is 1.33 bits per heavy atom. The van der Waals surface area contributed by atoms with Gasteiger partial charge in [-0.3, -0.25) is 0 Å². The molecule has 0 bridgehead atoms. The van der Waals surface area contributed by atoms with E-state index in [2.05, 4.69) is 11.7 Å². The highest BCUT2D eigenvalue weighted by atomic mass is 14.8. The second-order valence-electron chi connectivity index (χ2n) is 2.15. The maximum atomic E-state index is 7.99. The fourth-order valence-corrected chi connectivity index (χ4v) is 0.720. The van der Waals surface area contributed by atoms with E-state index in [9.17, 15) is 0 Å². The normalized spacial score (nSPS) is 8.56. The van der Waals surface area contributed by atoms with E-state index in [0.717, 1.165) is 12.8 Å². The van der Waals surface area contributed by atoms with Gasteiger partial charge in [-0.2, -0.15) is 4.79 Å². The summed E-state index contributed by atoms with van der Waals surface area (Å²) in [7, 11) is 0. The summed E-state index contributed by atoms with van der Waals surface area (Å²) in [6.45, 7) is 2.18. The molecule has 0 unspecified atom stereocenters. The van der Waals surface area contributed by atoms with E-state index < -0.39 is 0 Å². The smallest absolute Gasteiger partial charge is 0.257 e. The van der Waals surface area contributed by atoms with Crippen molar-refractivity contribution in [2.45, 2.75) is 39.0 Å². The van der Waals surface area contributed by atoms with Gasteiger partial charge in [-0.15, -0.1) is 0 Å². The predicted molar refractivity (Wildman–Crippen MR) is 38.4 cm³/mol. The van der Waals surface area contributed by atoms with Gasteiger partial charge in [0.15, 0.2) is 0 Å². The molecule has 52 valence electrons. The van der Waals surface area contributed by atoms with Crippen LogP contribution in [0.5, 0.6) is 0 Å². The third-order valence-electron chi connectivity index (χ3n) is 1.27. The zero-order valence-corrected chi connectivity index (χ0v) is 6.01. The summed E-state index contributed by atoms with van der Waals surface area (Å²) in [6, 6.07) is 0. The van der Waals surface area contributed by atoms with Crippen molar-refractivity contribution in [1.29, 1.82) is 0 Å². The van der Waals surface area contributed by atoms with Gasteiger partial charge < -0.3 is 5.53 Å². The van der Waals surface area contributed by atoms with Gasteiger partial charge in [0.25, 0.3) is 6.21 Å². The largest absolute Gasteiger partial charge is 0.362 e. The maximum absolute atomic E-state index is 7.99. The first kappa shape index (κ1) is 8.38. The van der Waals surface area contributed by atoms with Gasteiger partial charge in [0.2, 0.25) is 0 Å². The predicted octanol–water partition coefficient (Wildman–Crippen LogP) is 2.26. The minimum Gasteiger partial charge on any atom is -0.362 e. The topological polar surface area (TPSA) is 36.4 Å². The average molecular weight is 126 g/mol. The van der Waals surface area contributed by atoms with Gasteiger partial charge in [-0.05, 0) is 6.42 Å². The van der Waals surface area contributed by atoms with Crippen LogP contribution in [0, 0.1) is 0 Å². The quantitative estimate of drug-likeness (QED) is 0.234. The summed E-state index contributed by atoms with van der Waals surface area (Å²) in [6.07, 6.45) is 7.42. The van der Waals surface area contributed by atoms with Gasteiger partial charge in [0.05, 0.1) is 0 Å². The van der Waals surface area contributed by atoms with Crippen LogP contribution in [0.15, 0.2) is 0 Å². The molecule has 0 amide bonds. The molecule has 0 heterocycles. The number of hydrogen-bond acceptors (Lipinski definition) is 0. The van der Waals surface area contributed by atoms with Crippen molar-refractivity contribution >= 4 is 6.21 Å². The first-order valence-electron chi connectivity index (χ1n) is 3.57. The molecule has 0 atom stereocenters. The molecule has 0 aromatic heterocycles. The molecule has 0 aromatic rings. The molecule has 0 aliphatic rings. The Balaban J connectivity index is 2.82. The highest BCUT2D eigenvalue weighted by molar-refractivity contribution is 5.49. The zero-order chi connectivity index (χ0) is 6.95. The Morgan fingerprint density at radius 3 is 2.67 bits per heavy atom. The van der Waals surface area contributed by atoms with E-state index >= 15 is 0 Å². The molecule has 0 fully saturated rings. The molecule has 0 saturated heterocycles. The molecule has 0 aliphatic carbocycles. The minimum atomic E-state index is 0.913. The fraction of sp³-hybridized carbons (Fsp3) is 0.857. The van der Waals surface area contributed by atoms with E-state index in [-0.39, 0.29) is 0 Å². The molecule has 0 radical (unpaired) electrons. The van der Waals surface area contributed by atoms with Crippen LogP contribution in [0.25, 0.3) is 5.53 Å². The summed E-state index contributed by atoms with van der Waals surface area (Å²) in [5.41, 5.74) is 7.99. The summed E-state index contributed by atoms with van der Waals surface area (Å²) in [5, 5.41) is 0. The second kappa shape index (κ2) is 7.38. The Labute approximate surface area is 56.5 Å².